The van der Waals surface area contributed by atoms with Crippen molar-refractivity contribution in [2.75, 3.05) is 13.1 Å². The summed E-state index contributed by atoms with van der Waals surface area (Å²) < 4.78 is 40.8. The van der Waals surface area contributed by atoms with Crippen LogP contribution in [0.15, 0.2) is 57.9 Å². The van der Waals surface area contributed by atoms with Crippen LogP contribution in [0.1, 0.15) is 25.3 Å². The minimum atomic E-state index is -3.57. The van der Waals surface area contributed by atoms with Crippen molar-refractivity contribution >= 4 is 31.9 Å². The summed E-state index contributed by atoms with van der Waals surface area (Å²) in [6.07, 6.45) is 0.885. The maximum atomic E-state index is 13.0. The number of nitrogens with one attached hydrogen (secondary N) is 1. The van der Waals surface area contributed by atoms with E-state index in [1.54, 1.807) is 36.4 Å². The molecule has 5 nitrogen and oxygen atoms in total. The molecule has 1 N–H and O–H groups in total. The number of halogens is 2. The van der Waals surface area contributed by atoms with E-state index in [4.69, 9.17) is 0 Å². The first-order valence-corrected chi connectivity index (χ1v) is 11.2. The maximum absolute atomic E-state index is 13.0. The van der Waals surface area contributed by atoms with Gasteiger partial charge in [0.05, 0.1) is 4.90 Å². The first-order valence-electron chi connectivity index (χ1n) is 8.99. The second kappa shape index (κ2) is 8.31. The number of carbonyl (C=O) groups is 1. The van der Waals surface area contributed by atoms with Gasteiger partial charge in [0.1, 0.15) is 5.82 Å². The number of nitrogens with zero attached hydrogens (tertiary/aromatic N) is 1. The first kappa shape index (κ1) is 21.0. The number of benzene rings is 2. The molecule has 0 bridgehead atoms. The van der Waals surface area contributed by atoms with Crippen molar-refractivity contribution in [3.63, 3.8) is 0 Å². The highest BCUT2D eigenvalue weighted by Gasteiger charge is 2.40. The third-order valence-electron chi connectivity index (χ3n) is 5.19. The van der Waals surface area contributed by atoms with Crippen molar-refractivity contribution in [2.24, 2.45) is 5.41 Å². The molecule has 1 aliphatic heterocycles. The highest BCUT2D eigenvalue weighted by molar-refractivity contribution is 9.10. The van der Waals surface area contributed by atoms with Gasteiger partial charge in [0.2, 0.25) is 15.9 Å². The summed E-state index contributed by atoms with van der Waals surface area (Å²) in [6, 6.07) is 12.5. The fourth-order valence-corrected chi connectivity index (χ4v) is 4.91. The van der Waals surface area contributed by atoms with Crippen molar-refractivity contribution in [1.82, 2.24) is 9.62 Å². The van der Waals surface area contributed by atoms with Crippen LogP contribution >= 0.6 is 15.9 Å². The van der Waals surface area contributed by atoms with Crippen molar-refractivity contribution in [1.29, 1.82) is 0 Å². The summed E-state index contributed by atoms with van der Waals surface area (Å²) in [7, 11) is -3.57. The standard InChI is InChI=1S/C20H22BrFN2O3S/c1-20(19(25)23-14-15-2-6-17(22)7-3-15)10-12-24(13-11-20)28(26,27)18-8-4-16(21)5-9-18/h2-9H,10-14H2,1H3,(H,23,25). The molecule has 1 saturated heterocycles. The van der Waals surface area contributed by atoms with Crippen LogP contribution < -0.4 is 5.32 Å². The summed E-state index contributed by atoms with van der Waals surface area (Å²) >= 11 is 3.30. The van der Waals surface area contributed by atoms with E-state index in [0.29, 0.717) is 32.5 Å². The van der Waals surface area contributed by atoms with Crippen LogP contribution in [0.3, 0.4) is 0 Å². The summed E-state index contributed by atoms with van der Waals surface area (Å²) in [4.78, 5) is 12.9. The Morgan fingerprint density at radius 2 is 1.68 bits per heavy atom. The Kier molecular flexibility index (Phi) is 6.21. The highest BCUT2D eigenvalue weighted by atomic mass is 79.9. The maximum Gasteiger partial charge on any atom is 0.243 e. The molecule has 2 aromatic rings. The van der Waals surface area contributed by atoms with Gasteiger partial charge in [-0.2, -0.15) is 4.31 Å². The second-order valence-electron chi connectivity index (χ2n) is 7.23. The topological polar surface area (TPSA) is 66.5 Å². The van der Waals surface area contributed by atoms with Crippen LogP contribution in [0.25, 0.3) is 0 Å². The van der Waals surface area contributed by atoms with Gasteiger partial charge in [-0.15, -0.1) is 0 Å². The highest BCUT2D eigenvalue weighted by Crippen LogP contribution is 2.33. The Morgan fingerprint density at radius 1 is 1.11 bits per heavy atom. The van der Waals surface area contributed by atoms with Crippen LogP contribution in [0.2, 0.25) is 0 Å². The van der Waals surface area contributed by atoms with Crippen LogP contribution in [0, 0.1) is 11.2 Å². The van der Waals surface area contributed by atoms with Gasteiger partial charge in [0.25, 0.3) is 0 Å². The van der Waals surface area contributed by atoms with E-state index < -0.39 is 15.4 Å². The Balaban J connectivity index is 1.60. The lowest BCUT2D eigenvalue weighted by Gasteiger charge is -2.37. The van der Waals surface area contributed by atoms with E-state index in [2.05, 4.69) is 21.2 Å². The Bertz CT molecular complexity index is 938. The number of piperidine rings is 1. The first-order chi connectivity index (χ1) is 13.2. The van der Waals surface area contributed by atoms with Crippen LogP contribution in [0.5, 0.6) is 0 Å². The molecular weight excluding hydrogens is 447 g/mol. The quantitative estimate of drug-likeness (QED) is 0.727. The second-order valence-corrected chi connectivity index (χ2v) is 10.1. The molecule has 0 spiro atoms. The van der Waals surface area contributed by atoms with Gasteiger partial charge in [0, 0.05) is 29.5 Å². The van der Waals surface area contributed by atoms with E-state index in [0.717, 1.165) is 10.0 Å². The molecule has 0 radical (unpaired) electrons. The largest absolute Gasteiger partial charge is 0.352 e. The zero-order chi connectivity index (χ0) is 20.4. The van der Waals surface area contributed by atoms with E-state index in [1.807, 2.05) is 6.92 Å². The molecule has 0 unspecified atom stereocenters. The summed E-state index contributed by atoms with van der Waals surface area (Å²) in [5.74, 6) is -0.432. The molecule has 1 heterocycles. The fourth-order valence-electron chi connectivity index (χ4n) is 3.20. The third-order valence-corrected chi connectivity index (χ3v) is 7.63. The fraction of sp³-hybridized carbons (Fsp3) is 0.350. The Morgan fingerprint density at radius 3 is 2.25 bits per heavy atom. The zero-order valence-electron chi connectivity index (χ0n) is 15.5. The normalized spacial score (nSPS) is 17.2. The molecule has 0 saturated carbocycles. The molecule has 1 amide bonds. The van der Waals surface area contributed by atoms with Gasteiger partial charge in [-0.3, -0.25) is 4.79 Å². The Labute approximate surface area is 173 Å². The molecule has 1 aliphatic rings. The van der Waals surface area contributed by atoms with Crippen molar-refractivity contribution in [3.05, 3.63) is 64.4 Å². The molecule has 150 valence electrons. The third kappa shape index (κ3) is 4.61. The lowest BCUT2D eigenvalue weighted by molar-refractivity contribution is -0.132. The summed E-state index contributed by atoms with van der Waals surface area (Å²) in [5.41, 5.74) is 0.180. The van der Waals surface area contributed by atoms with Gasteiger partial charge in [-0.1, -0.05) is 35.0 Å². The van der Waals surface area contributed by atoms with E-state index in [-0.39, 0.29) is 16.6 Å². The number of rotatable bonds is 5. The van der Waals surface area contributed by atoms with Gasteiger partial charge in [-0.25, -0.2) is 12.8 Å². The minimum Gasteiger partial charge on any atom is -0.352 e. The number of amides is 1. The average molecular weight is 469 g/mol. The minimum absolute atomic E-state index is 0.113. The van der Waals surface area contributed by atoms with E-state index in [9.17, 15) is 17.6 Å². The predicted molar refractivity (Wildman–Crippen MR) is 108 cm³/mol. The molecule has 1 fully saturated rings. The van der Waals surface area contributed by atoms with E-state index >= 15 is 0 Å². The average Bonchev–Trinajstić information content (AvgIpc) is 2.68. The monoisotopic (exact) mass is 468 g/mol. The molecule has 0 aromatic heterocycles. The van der Waals surface area contributed by atoms with Gasteiger partial charge < -0.3 is 5.32 Å². The van der Waals surface area contributed by atoms with Gasteiger partial charge >= 0.3 is 0 Å². The van der Waals surface area contributed by atoms with Crippen molar-refractivity contribution < 1.29 is 17.6 Å². The SMILES string of the molecule is CC1(C(=O)NCc2ccc(F)cc2)CCN(S(=O)(=O)c2ccc(Br)cc2)CC1. The zero-order valence-corrected chi connectivity index (χ0v) is 17.9. The Hall–Kier alpha value is -1.77. The van der Waals surface area contributed by atoms with E-state index in [1.165, 1.54) is 16.4 Å². The molecule has 2 aromatic carbocycles. The number of hydrogen-bond donors (Lipinski definition) is 1. The molecule has 0 atom stereocenters. The van der Waals surface area contributed by atoms with Gasteiger partial charge in [-0.05, 0) is 54.8 Å². The molecular formula is C20H22BrFN2O3S. The lowest BCUT2D eigenvalue weighted by Crippen LogP contribution is -2.48. The van der Waals surface area contributed by atoms with Crippen LogP contribution in [-0.4, -0.2) is 31.7 Å². The predicted octanol–water partition coefficient (Wildman–Crippen LogP) is 3.70. The smallest absolute Gasteiger partial charge is 0.243 e. The van der Waals surface area contributed by atoms with Crippen LogP contribution in [-0.2, 0) is 21.4 Å². The number of carbonyl (C=O) groups excluding carboxylic acids is 1. The van der Waals surface area contributed by atoms with Gasteiger partial charge in [0.15, 0.2) is 0 Å². The molecule has 28 heavy (non-hydrogen) atoms. The van der Waals surface area contributed by atoms with Crippen molar-refractivity contribution in [3.8, 4) is 0 Å². The lowest BCUT2D eigenvalue weighted by atomic mass is 9.80. The molecule has 0 aliphatic carbocycles. The summed E-state index contributed by atoms with van der Waals surface area (Å²) in [6.45, 7) is 2.75. The molecule has 8 heteroatoms. The molecule has 3 rings (SSSR count). The van der Waals surface area contributed by atoms with Crippen LogP contribution in [0.4, 0.5) is 4.39 Å². The van der Waals surface area contributed by atoms with Crippen molar-refractivity contribution in [2.45, 2.75) is 31.2 Å². The number of sulfonamides is 1. The summed E-state index contributed by atoms with van der Waals surface area (Å²) in [5, 5.41) is 2.89. The number of hydrogen-bond acceptors (Lipinski definition) is 3.